The average molecular weight is 216 g/mol. The summed E-state index contributed by atoms with van der Waals surface area (Å²) in [5.74, 6) is -0.138. The van der Waals surface area contributed by atoms with E-state index < -0.39 is 0 Å². The minimum absolute atomic E-state index is 0.132. The number of carbonyl (C=O) groups excluding carboxylic acids is 1. The van der Waals surface area contributed by atoms with Crippen molar-refractivity contribution in [2.45, 2.75) is 51.9 Å². The lowest BCUT2D eigenvalue weighted by Crippen LogP contribution is -2.29. The predicted molar refractivity (Wildman–Crippen MR) is 55.4 cm³/mol. The van der Waals surface area contributed by atoms with Gasteiger partial charge in [-0.2, -0.15) is 0 Å². The number of ether oxygens (including phenoxy) is 3. The first-order valence-corrected chi connectivity index (χ1v) is 5.65. The van der Waals surface area contributed by atoms with E-state index >= 15 is 0 Å². The maximum absolute atomic E-state index is 11.2. The third kappa shape index (κ3) is 5.14. The molecule has 0 spiro atoms. The molecule has 0 amide bonds. The zero-order valence-electron chi connectivity index (χ0n) is 9.53. The van der Waals surface area contributed by atoms with Crippen molar-refractivity contribution < 1.29 is 19.0 Å². The molecule has 1 saturated heterocycles. The quantitative estimate of drug-likeness (QED) is 0.658. The van der Waals surface area contributed by atoms with Crippen molar-refractivity contribution in [3.8, 4) is 0 Å². The van der Waals surface area contributed by atoms with Crippen LogP contribution in [-0.2, 0) is 19.0 Å². The van der Waals surface area contributed by atoms with Crippen LogP contribution in [0, 0.1) is 0 Å². The Morgan fingerprint density at radius 1 is 1.47 bits per heavy atom. The molecule has 0 radical (unpaired) electrons. The van der Waals surface area contributed by atoms with E-state index in [0.717, 1.165) is 26.1 Å². The molecule has 0 N–H and O–H groups in total. The van der Waals surface area contributed by atoms with Gasteiger partial charge in [0.2, 0.25) is 0 Å². The van der Waals surface area contributed by atoms with Crippen LogP contribution in [0.4, 0.5) is 0 Å². The fourth-order valence-electron chi connectivity index (χ4n) is 1.48. The molecule has 0 aromatic rings. The monoisotopic (exact) mass is 216 g/mol. The minimum Gasteiger partial charge on any atom is -0.462 e. The van der Waals surface area contributed by atoms with Crippen LogP contribution < -0.4 is 0 Å². The van der Waals surface area contributed by atoms with E-state index in [-0.39, 0.29) is 18.4 Å². The molecule has 1 atom stereocenters. The van der Waals surface area contributed by atoms with E-state index in [9.17, 15) is 4.79 Å². The summed E-state index contributed by atoms with van der Waals surface area (Å²) in [4.78, 5) is 11.2. The summed E-state index contributed by atoms with van der Waals surface area (Å²) in [6, 6.07) is 0. The van der Waals surface area contributed by atoms with Gasteiger partial charge in [0.15, 0.2) is 6.29 Å². The highest BCUT2D eigenvalue weighted by atomic mass is 16.7. The molecule has 0 aliphatic carbocycles. The smallest absolute Gasteiger partial charge is 0.306 e. The fraction of sp³-hybridized carbons (Fsp3) is 0.909. The molecule has 0 bridgehead atoms. The molecule has 4 heteroatoms. The van der Waals surface area contributed by atoms with Gasteiger partial charge in [0.1, 0.15) is 6.10 Å². The van der Waals surface area contributed by atoms with Gasteiger partial charge in [0.25, 0.3) is 0 Å². The molecule has 88 valence electrons. The standard InChI is InChI=1S/C11H20O4/c1-3-5-10(12)15-9(2)8-11-13-6-4-7-14-11/h9,11H,3-8H2,1-2H3. The molecule has 0 aromatic heterocycles. The van der Waals surface area contributed by atoms with Crippen molar-refractivity contribution >= 4 is 5.97 Å². The van der Waals surface area contributed by atoms with Crippen LogP contribution in [0.2, 0.25) is 0 Å². The Morgan fingerprint density at radius 2 is 2.13 bits per heavy atom. The number of hydrogen-bond acceptors (Lipinski definition) is 4. The molecule has 1 aliphatic heterocycles. The van der Waals surface area contributed by atoms with Crippen molar-refractivity contribution in [3.63, 3.8) is 0 Å². The van der Waals surface area contributed by atoms with Crippen molar-refractivity contribution in [1.82, 2.24) is 0 Å². The fourth-order valence-corrected chi connectivity index (χ4v) is 1.48. The first kappa shape index (κ1) is 12.5. The third-order valence-corrected chi connectivity index (χ3v) is 2.21. The molecule has 0 saturated carbocycles. The van der Waals surface area contributed by atoms with Gasteiger partial charge in [0, 0.05) is 12.8 Å². The molecule has 4 nitrogen and oxygen atoms in total. The lowest BCUT2D eigenvalue weighted by molar-refractivity contribution is -0.194. The lowest BCUT2D eigenvalue weighted by Gasteiger charge is -2.25. The van der Waals surface area contributed by atoms with E-state index in [2.05, 4.69) is 0 Å². The van der Waals surface area contributed by atoms with Gasteiger partial charge in [-0.25, -0.2) is 0 Å². The van der Waals surface area contributed by atoms with Crippen LogP contribution in [0.5, 0.6) is 0 Å². The molecule has 1 fully saturated rings. The predicted octanol–water partition coefficient (Wildman–Crippen LogP) is 1.87. The van der Waals surface area contributed by atoms with Crippen molar-refractivity contribution in [2.24, 2.45) is 0 Å². The maximum Gasteiger partial charge on any atom is 0.306 e. The van der Waals surface area contributed by atoms with Gasteiger partial charge in [-0.15, -0.1) is 0 Å². The van der Waals surface area contributed by atoms with E-state index in [1.165, 1.54) is 0 Å². The number of rotatable bonds is 5. The SMILES string of the molecule is CCCC(=O)OC(C)CC1OCCCO1. The van der Waals surface area contributed by atoms with Crippen LogP contribution in [-0.4, -0.2) is 31.6 Å². The van der Waals surface area contributed by atoms with E-state index in [1.54, 1.807) is 0 Å². The summed E-state index contributed by atoms with van der Waals surface area (Å²) in [6.07, 6.45) is 2.53. The summed E-state index contributed by atoms with van der Waals surface area (Å²) in [5.41, 5.74) is 0. The average Bonchev–Trinajstić information content (AvgIpc) is 2.19. The highest BCUT2D eigenvalue weighted by Crippen LogP contribution is 2.13. The molecule has 1 aliphatic rings. The number of esters is 1. The molecular weight excluding hydrogens is 196 g/mol. The van der Waals surface area contributed by atoms with Crippen LogP contribution in [0.15, 0.2) is 0 Å². The highest BCUT2D eigenvalue weighted by Gasteiger charge is 2.19. The maximum atomic E-state index is 11.2. The molecule has 1 rings (SSSR count). The Bertz CT molecular complexity index is 187. The van der Waals surface area contributed by atoms with Gasteiger partial charge in [-0.1, -0.05) is 6.92 Å². The second-order valence-electron chi connectivity index (χ2n) is 3.81. The first-order valence-electron chi connectivity index (χ1n) is 5.65. The largest absolute Gasteiger partial charge is 0.462 e. The van der Waals surface area contributed by atoms with E-state index in [1.807, 2.05) is 13.8 Å². The normalized spacial score (nSPS) is 19.9. The molecule has 1 unspecified atom stereocenters. The minimum atomic E-state index is -0.205. The molecular formula is C11H20O4. The highest BCUT2D eigenvalue weighted by molar-refractivity contribution is 5.69. The molecule has 1 heterocycles. The zero-order valence-corrected chi connectivity index (χ0v) is 9.53. The van der Waals surface area contributed by atoms with Crippen molar-refractivity contribution in [3.05, 3.63) is 0 Å². The summed E-state index contributed by atoms with van der Waals surface area (Å²) in [6.45, 7) is 5.30. The second kappa shape index (κ2) is 6.80. The summed E-state index contributed by atoms with van der Waals surface area (Å²) >= 11 is 0. The Labute approximate surface area is 90.9 Å². The molecule has 15 heavy (non-hydrogen) atoms. The van der Waals surface area contributed by atoms with Gasteiger partial charge < -0.3 is 14.2 Å². The Balaban J connectivity index is 2.16. The second-order valence-corrected chi connectivity index (χ2v) is 3.81. The number of carbonyl (C=O) groups is 1. The van der Waals surface area contributed by atoms with Gasteiger partial charge in [0.05, 0.1) is 13.2 Å². The van der Waals surface area contributed by atoms with Crippen molar-refractivity contribution in [2.75, 3.05) is 13.2 Å². The Kier molecular flexibility index (Phi) is 5.65. The van der Waals surface area contributed by atoms with Crippen LogP contribution in [0.3, 0.4) is 0 Å². The van der Waals surface area contributed by atoms with E-state index in [0.29, 0.717) is 12.8 Å². The summed E-state index contributed by atoms with van der Waals surface area (Å²) in [5, 5.41) is 0. The first-order chi connectivity index (χ1) is 7.22. The van der Waals surface area contributed by atoms with Crippen LogP contribution >= 0.6 is 0 Å². The summed E-state index contributed by atoms with van der Waals surface area (Å²) < 4.78 is 15.9. The zero-order chi connectivity index (χ0) is 11.1. The summed E-state index contributed by atoms with van der Waals surface area (Å²) in [7, 11) is 0. The lowest BCUT2D eigenvalue weighted by atomic mass is 10.2. The van der Waals surface area contributed by atoms with Gasteiger partial charge in [-0.3, -0.25) is 4.79 Å². The van der Waals surface area contributed by atoms with Gasteiger partial charge in [-0.05, 0) is 19.8 Å². The Hall–Kier alpha value is -0.610. The molecule has 0 aromatic carbocycles. The third-order valence-electron chi connectivity index (χ3n) is 2.21. The Morgan fingerprint density at radius 3 is 2.73 bits per heavy atom. The number of hydrogen-bond donors (Lipinski definition) is 0. The topological polar surface area (TPSA) is 44.8 Å². The van der Waals surface area contributed by atoms with E-state index in [4.69, 9.17) is 14.2 Å². The van der Waals surface area contributed by atoms with Crippen LogP contribution in [0.1, 0.15) is 39.5 Å². The van der Waals surface area contributed by atoms with Gasteiger partial charge >= 0.3 is 5.97 Å². The van der Waals surface area contributed by atoms with Crippen LogP contribution in [0.25, 0.3) is 0 Å². The van der Waals surface area contributed by atoms with Crippen molar-refractivity contribution in [1.29, 1.82) is 0 Å².